The lowest BCUT2D eigenvalue weighted by atomic mass is 9.79. The summed E-state index contributed by atoms with van der Waals surface area (Å²) in [7, 11) is 0. The highest BCUT2D eigenvalue weighted by molar-refractivity contribution is 4.94. The molecule has 1 aliphatic carbocycles. The summed E-state index contributed by atoms with van der Waals surface area (Å²) in [5, 5.41) is 0. The molecule has 2 aliphatic rings. The quantitative estimate of drug-likeness (QED) is 0.640. The van der Waals surface area contributed by atoms with E-state index in [4.69, 9.17) is 5.73 Å². The highest BCUT2D eigenvalue weighted by Gasteiger charge is 2.39. The number of fused-ring (bicyclic) bond motifs is 1. The Balaban J connectivity index is 1.99. The van der Waals surface area contributed by atoms with Gasteiger partial charge in [-0.3, -0.25) is 4.90 Å². The third-order valence-electron chi connectivity index (χ3n) is 4.04. The molecule has 2 nitrogen and oxygen atoms in total. The van der Waals surface area contributed by atoms with Crippen LogP contribution in [0.5, 0.6) is 0 Å². The molecule has 1 unspecified atom stereocenters. The summed E-state index contributed by atoms with van der Waals surface area (Å²) in [6, 6.07) is 0.483. The van der Waals surface area contributed by atoms with Crippen LogP contribution in [0.1, 0.15) is 40.0 Å². The Morgan fingerprint density at radius 3 is 2.36 bits per heavy atom. The van der Waals surface area contributed by atoms with Crippen molar-refractivity contribution in [3.63, 3.8) is 0 Å². The summed E-state index contributed by atoms with van der Waals surface area (Å²) in [5.41, 5.74) is 6.38. The maximum Gasteiger partial charge on any atom is 0.0125 e. The van der Waals surface area contributed by atoms with Crippen molar-refractivity contribution in [1.82, 2.24) is 4.90 Å². The topological polar surface area (TPSA) is 29.3 Å². The van der Waals surface area contributed by atoms with Gasteiger partial charge in [0.25, 0.3) is 0 Å². The third kappa shape index (κ3) is 1.96. The number of likely N-dealkylation sites (tertiary alicyclic amines) is 1. The lowest BCUT2D eigenvalue weighted by molar-refractivity contribution is 0.165. The van der Waals surface area contributed by atoms with Crippen LogP contribution in [0.2, 0.25) is 0 Å². The molecule has 82 valence electrons. The fourth-order valence-electron chi connectivity index (χ4n) is 3.02. The minimum absolute atomic E-state index is 0.349. The molecular formula is C12H24N2. The first-order valence-corrected chi connectivity index (χ1v) is 5.97. The predicted molar refractivity (Wildman–Crippen MR) is 60.1 cm³/mol. The van der Waals surface area contributed by atoms with Gasteiger partial charge in [0.2, 0.25) is 0 Å². The molecule has 2 heteroatoms. The fourth-order valence-corrected chi connectivity index (χ4v) is 3.02. The summed E-state index contributed by atoms with van der Waals surface area (Å²) < 4.78 is 0. The van der Waals surface area contributed by atoms with E-state index in [1.165, 1.54) is 32.4 Å². The number of rotatable bonds is 0. The Hall–Kier alpha value is -0.0800. The van der Waals surface area contributed by atoms with Crippen molar-refractivity contribution in [2.45, 2.75) is 51.6 Å². The first-order chi connectivity index (χ1) is 6.47. The zero-order valence-corrected chi connectivity index (χ0v) is 9.79. The fraction of sp³-hybridized carbons (Fsp3) is 1.00. The van der Waals surface area contributed by atoms with Crippen molar-refractivity contribution in [3.05, 3.63) is 0 Å². The van der Waals surface area contributed by atoms with Crippen molar-refractivity contribution in [1.29, 1.82) is 0 Å². The minimum Gasteiger partial charge on any atom is -0.328 e. The molecule has 2 rings (SSSR count). The van der Waals surface area contributed by atoms with Gasteiger partial charge < -0.3 is 5.73 Å². The van der Waals surface area contributed by atoms with E-state index in [0.29, 0.717) is 11.6 Å². The molecule has 1 heterocycles. The van der Waals surface area contributed by atoms with Crippen LogP contribution in [-0.4, -0.2) is 29.6 Å². The molecule has 0 spiro atoms. The van der Waals surface area contributed by atoms with Crippen molar-refractivity contribution < 1.29 is 0 Å². The molecule has 1 aliphatic heterocycles. The van der Waals surface area contributed by atoms with E-state index in [-0.39, 0.29) is 0 Å². The Bertz CT molecular complexity index is 207. The van der Waals surface area contributed by atoms with Gasteiger partial charge in [0.05, 0.1) is 0 Å². The SMILES string of the molecule is CC(C)(C)N1C[C@H]2CCC(N)C[C@H]2C1. The van der Waals surface area contributed by atoms with Crippen LogP contribution in [0.15, 0.2) is 0 Å². The van der Waals surface area contributed by atoms with Gasteiger partial charge in [-0.15, -0.1) is 0 Å². The first kappa shape index (κ1) is 10.4. The van der Waals surface area contributed by atoms with Crippen molar-refractivity contribution >= 4 is 0 Å². The average molecular weight is 196 g/mol. The van der Waals surface area contributed by atoms with E-state index in [1.807, 2.05) is 0 Å². The number of nitrogens with zero attached hydrogens (tertiary/aromatic N) is 1. The van der Waals surface area contributed by atoms with E-state index in [9.17, 15) is 0 Å². The van der Waals surface area contributed by atoms with Crippen LogP contribution in [-0.2, 0) is 0 Å². The van der Waals surface area contributed by atoms with Crippen LogP contribution < -0.4 is 5.73 Å². The van der Waals surface area contributed by atoms with E-state index < -0.39 is 0 Å². The van der Waals surface area contributed by atoms with Gasteiger partial charge in [0.15, 0.2) is 0 Å². The van der Waals surface area contributed by atoms with Gasteiger partial charge in [-0.05, 0) is 51.9 Å². The average Bonchev–Trinajstić information content (AvgIpc) is 2.45. The molecule has 3 atom stereocenters. The van der Waals surface area contributed by atoms with Crippen LogP contribution in [0.4, 0.5) is 0 Å². The van der Waals surface area contributed by atoms with E-state index in [0.717, 1.165) is 11.8 Å². The molecule has 0 radical (unpaired) electrons. The second-order valence-corrected chi connectivity index (χ2v) is 6.17. The van der Waals surface area contributed by atoms with Gasteiger partial charge in [-0.2, -0.15) is 0 Å². The lowest BCUT2D eigenvalue weighted by Crippen LogP contribution is -2.39. The normalized spacial score (nSPS) is 39.9. The van der Waals surface area contributed by atoms with Crippen molar-refractivity contribution in [2.24, 2.45) is 17.6 Å². The molecule has 0 aromatic rings. The molecule has 0 aromatic heterocycles. The molecular weight excluding hydrogens is 172 g/mol. The Morgan fingerprint density at radius 1 is 1.07 bits per heavy atom. The van der Waals surface area contributed by atoms with Crippen LogP contribution in [0, 0.1) is 11.8 Å². The molecule has 14 heavy (non-hydrogen) atoms. The van der Waals surface area contributed by atoms with Crippen molar-refractivity contribution in [2.75, 3.05) is 13.1 Å². The zero-order chi connectivity index (χ0) is 10.3. The monoisotopic (exact) mass is 196 g/mol. The Labute approximate surface area is 87.8 Å². The van der Waals surface area contributed by atoms with Crippen LogP contribution in [0.3, 0.4) is 0 Å². The van der Waals surface area contributed by atoms with E-state index in [2.05, 4.69) is 25.7 Å². The first-order valence-electron chi connectivity index (χ1n) is 5.97. The standard InChI is InChI=1S/C12H24N2/c1-12(2,3)14-7-9-4-5-11(13)6-10(9)8-14/h9-11H,4-8,13H2,1-3H3/t9-,10+,11?/m1/s1. The Kier molecular flexibility index (Phi) is 2.61. The summed E-state index contributed by atoms with van der Waals surface area (Å²) in [4.78, 5) is 2.64. The molecule has 2 N–H and O–H groups in total. The van der Waals surface area contributed by atoms with Gasteiger partial charge in [-0.25, -0.2) is 0 Å². The van der Waals surface area contributed by atoms with Crippen LogP contribution >= 0.6 is 0 Å². The maximum atomic E-state index is 6.03. The molecule has 1 saturated carbocycles. The molecule has 0 amide bonds. The van der Waals surface area contributed by atoms with Gasteiger partial charge in [0.1, 0.15) is 0 Å². The second kappa shape index (κ2) is 3.49. The number of hydrogen-bond acceptors (Lipinski definition) is 2. The summed E-state index contributed by atoms with van der Waals surface area (Å²) >= 11 is 0. The molecule has 0 aromatic carbocycles. The minimum atomic E-state index is 0.349. The summed E-state index contributed by atoms with van der Waals surface area (Å²) in [6.07, 6.45) is 3.87. The van der Waals surface area contributed by atoms with Gasteiger partial charge in [-0.1, -0.05) is 0 Å². The Morgan fingerprint density at radius 2 is 1.71 bits per heavy atom. The smallest absolute Gasteiger partial charge is 0.0125 e. The maximum absolute atomic E-state index is 6.03. The second-order valence-electron chi connectivity index (χ2n) is 6.17. The highest BCUT2D eigenvalue weighted by atomic mass is 15.2. The largest absolute Gasteiger partial charge is 0.328 e. The highest BCUT2D eigenvalue weighted by Crippen LogP contribution is 2.38. The third-order valence-corrected chi connectivity index (χ3v) is 4.04. The number of nitrogens with two attached hydrogens (primary N) is 1. The van der Waals surface area contributed by atoms with Crippen molar-refractivity contribution in [3.8, 4) is 0 Å². The molecule has 2 fully saturated rings. The zero-order valence-electron chi connectivity index (χ0n) is 9.79. The number of hydrogen-bond donors (Lipinski definition) is 1. The predicted octanol–water partition coefficient (Wildman–Crippen LogP) is 1.84. The summed E-state index contributed by atoms with van der Waals surface area (Å²) in [5.74, 6) is 1.83. The molecule has 0 bridgehead atoms. The van der Waals surface area contributed by atoms with Crippen LogP contribution in [0.25, 0.3) is 0 Å². The lowest BCUT2D eigenvalue weighted by Gasteiger charge is -2.31. The van der Waals surface area contributed by atoms with E-state index in [1.54, 1.807) is 0 Å². The van der Waals surface area contributed by atoms with E-state index >= 15 is 0 Å². The van der Waals surface area contributed by atoms with Gasteiger partial charge in [0, 0.05) is 24.7 Å². The summed E-state index contributed by atoms with van der Waals surface area (Å²) in [6.45, 7) is 9.56. The molecule has 1 saturated heterocycles. The van der Waals surface area contributed by atoms with Gasteiger partial charge >= 0.3 is 0 Å².